The van der Waals surface area contributed by atoms with Gasteiger partial charge >= 0.3 is 0 Å². The van der Waals surface area contributed by atoms with E-state index in [9.17, 15) is 0 Å². The van der Waals surface area contributed by atoms with Gasteiger partial charge in [0, 0.05) is 27.9 Å². The third kappa shape index (κ3) is 2.77. The lowest BCUT2D eigenvalue weighted by atomic mass is 10.2. The van der Waals surface area contributed by atoms with Crippen LogP contribution in [0.5, 0.6) is 5.75 Å². The van der Waals surface area contributed by atoms with Gasteiger partial charge in [0.05, 0.1) is 12.6 Å². The Morgan fingerprint density at radius 2 is 1.95 bits per heavy atom. The Morgan fingerprint density at radius 1 is 1.10 bits per heavy atom. The van der Waals surface area contributed by atoms with E-state index in [0.29, 0.717) is 0 Å². The zero-order valence-electron chi connectivity index (χ0n) is 12.1. The van der Waals surface area contributed by atoms with E-state index in [0.717, 1.165) is 17.8 Å². The minimum Gasteiger partial charge on any atom is -0.495 e. The predicted octanol–water partition coefficient (Wildman–Crippen LogP) is 4.05. The van der Waals surface area contributed by atoms with Crippen LogP contribution in [-0.2, 0) is 6.54 Å². The summed E-state index contributed by atoms with van der Waals surface area (Å²) in [6.45, 7) is 0.870. The first-order chi connectivity index (χ1) is 10.3. The molecule has 1 aromatic heterocycles. The summed E-state index contributed by atoms with van der Waals surface area (Å²) in [5, 5.41) is 4.41. The molecule has 0 aliphatic carbocycles. The molecule has 1 heterocycles. The molecule has 3 nitrogen and oxygen atoms in total. The molecule has 2 aromatic carbocycles. The van der Waals surface area contributed by atoms with Crippen LogP contribution in [0.1, 0.15) is 5.56 Å². The first-order valence-corrected chi connectivity index (χ1v) is 7.69. The van der Waals surface area contributed by atoms with E-state index in [-0.39, 0.29) is 0 Å². The fourth-order valence-electron chi connectivity index (χ4n) is 2.41. The Morgan fingerprint density at radius 3 is 2.76 bits per heavy atom. The number of nitrogens with one attached hydrogen (secondary N) is 2. The molecule has 4 heteroatoms. The summed E-state index contributed by atoms with van der Waals surface area (Å²) < 4.78 is 5.40. The largest absolute Gasteiger partial charge is 0.495 e. The number of para-hydroxylation sites is 1. The molecule has 3 aromatic rings. The standard InChI is InChI=1S/C17H18N2OS/c1-18-10-12-6-3-4-9-15(12)21-16-11-19-17-13(16)7-5-8-14(17)20-2/h3-9,11,18-19H,10H2,1-2H3. The lowest BCUT2D eigenvalue weighted by molar-refractivity contribution is 0.419. The Kier molecular flexibility index (Phi) is 4.18. The number of fused-ring (bicyclic) bond motifs is 1. The van der Waals surface area contributed by atoms with Crippen LogP contribution in [0.4, 0.5) is 0 Å². The number of ether oxygens (including phenoxy) is 1. The van der Waals surface area contributed by atoms with Gasteiger partial charge in [0.2, 0.25) is 0 Å². The second-order valence-corrected chi connectivity index (χ2v) is 5.86. The second kappa shape index (κ2) is 6.24. The van der Waals surface area contributed by atoms with E-state index < -0.39 is 0 Å². The van der Waals surface area contributed by atoms with Crippen LogP contribution in [0.3, 0.4) is 0 Å². The van der Waals surface area contributed by atoms with E-state index in [4.69, 9.17) is 4.74 Å². The van der Waals surface area contributed by atoms with Crippen LogP contribution >= 0.6 is 11.8 Å². The van der Waals surface area contributed by atoms with Gasteiger partial charge in [-0.05, 0) is 24.7 Å². The molecule has 0 spiro atoms. The molecule has 0 atom stereocenters. The smallest absolute Gasteiger partial charge is 0.142 e. The molecule has 21 heavy (non-hydrogen) atoms. The van der Waals surface area contributed by atoms with Crippen LogP contribution in [-0.4, -0.2) is 19.1 Å². The molecule has 0 aliphatic rings. The highest BCUT2D eigenvalue weighted by Gasteiger charge is 2.10. The average Bonchev–Trinajstić information content (AvgIpc) is 2.93. The molecular formula is C17H18N2OS. The Balaban J connectivity index is 1.99. The summed E-state index contributed by atoms with van der Waals surface area (Å²) in [6.07, 6.45) is 2.05. The van der Waals surface area contributed by atoms with E-state index in [1.54, 1.807) is 18.9 Å². The van der Waals surface area contributed by atoms with Gasteiger partial charge in [-0.1, -0.05) is 42.1 Å². The van der Waals surface area contributed by atoms with Crippen molar-refractivity contribution in [3.05, 3.63) is 54.2 Å². The number of aromatic nitrogens is 1. The summed E-state index contributed by atoms with van der Waals surface area (Å²) in [4.78, 5) is 5.81. The number of aromatic amines is 1. The third-order valence-corrected chi connectivity index (χ3v) is 4.59. The maximum absolute atomic E-state index is 5.40. The van der Waals surface area contributed by atoms with Crippen LogP contribution < -0.4 is 10.1 Å². The number of hydrogen-bond acceptors (Lipinski definition) is 3. The van der Waals surface area contributed by atoms with Crippen molar-refractivity contribution in [1.29, 1.82) is 0 Å². The molecule has 0 radical (unpaired) electrons. The molecular weight excluding hydrogens is 280 g/mol. The van der Waals surface area contributed by atoms with Crippen LogP contribution in [0.2, 0.25) is 0 Å². The normalized spacial score (nSPS) is 11.0. The van der Waals surface area contributed by atoms with Crippen LogP contribution in [0, 0.1) is 0 Å². The Hall–Kier alpha value is -1.91. The van der Waals surface area contributed by atoms with Gasteiger partial charge in [-0.2, -0.15) is 0 Å². The fourth-order valence-corrected chi connectivity index (χ4v) is 3.47. The Labute approximate surface area is 128 Å². The molecule has 0 saturated heterocycles. The zero-order valence-corrected chi connectivity index (χ0v) is 13.0. The van der Waals surface area contributed by atoms with Gasteiger partial charge in [0.1, 0.15) is 5.75 Å². The van der Waals surface area contributed by atoms with Crippen molar-refractivity contribution < 1.29 is 4.74 Å². The maximum Gasteiger partial charge on any atom is 0.142 e. The van der Waals surface area contributed by atoms with E-state index in [1.807, 2.05) is 25.4 Å². The van der Waals surface area contributed by atoms with Gasteiger partial charge < -0.3 is 15.0 Å². The molecule has 0 aliphatic heterocycles. The summed E-state index contributed by atoms with van der Waals surface area (Å²) in [5.41, 5.74) is 2.36. The summed E-state index contributed by atoms with van der Waals surface area (Å²) in [7, 11) is 3.67. The monoisotopic (exact) mass is 298 g/mol. The molecule has 3 rings (SSSR count). The van der Waals surface area contributed by atoms with Gasteiger partial charge in [-0.25, -0.2) is 0 Å². The van der Waals surface area contributed by atoms with Gasteiger partial charge in [-0.3, -0.25) is 0 Å². The minimum atomic E-state index is 0.870. The number of methoxy groups -OCH3 is 1. The number of hydrogen-bond donors (Lipinski definition) is 2. The van der Waals surface area contributed by atoms with Gasteiger partial charge in [-0.15, -0.1) is 0 Å². The van der Waals surface area contributed by atoms with E-state index >= 15 is 0 Å². The highest BCUT2D eigenvalue weighted by molar-refractivity contribution is 7.99. The van der Waals surface area contributed by atoms with Crippen molar-refractivity contribution in [2.24, 2.45) is 0 Å². The average molecular weight is 298 g/mol. The predicted molar refractivity (Wildman–Crippen MR) is 88.2 cm³/mol. The fraction of sp³-hybridized carbons (Fsp3) is 0.176. The Bertz CT molecular complexity index is 751. The van der Waals surface area contributed by atoms with E-state index in [2.05, 4.69) is 40.6 Å². The van der Waals surface area contributed by atoms with E-state index in [1.165, 1.54) is 20.7 Å². The number of rotatable bonds is 5. The molecule has 0 saturated carbocycles. The molecule has 0 unspecified atom stereocenters. The quantitative estimate of drug-likeness (QED) is 0.746. The highest BCUT2D eigenvalue weighted by Crippen LogP contribution is 2.37. The van der Waals surface area contributed by atoms with Crippen molar-refractivity contribution in [2.45, 2.75) is 16.3 Å². The zero-order chi connectivity index (χ0) is 14.7. The van der Waals surface area contributed by atoms with Crippen molar-refractivity contribution in [3.63, 3.8) is 0 Å². The number of H-pyrrole nitrogens is 1. The highest BCUT2D eigenvalue weighted by atomic mass is 32.2. The molecule has 0 fully saturated rings. The topological polar surface area (TPSA) is 37.0 Å². The van der Waals surface area contributed by atoms with Crippen molar-refractivity contribution >= 4 is 22.7 Å². The summed E-state index contributed by atoms with van der Waals surface area (Å²) in [5.74, 6) is 0.878. The molecule has 0 bridgehead atoms. The number of benzene rings is 2. The van der Waals surface area contributed by atoms with Crippen molar-refractivity contribution in [3.8, 4) is 5.75 Å². The SMILES string of the molecule is CNCc1ccccc1Sc1c[nH]c2c(OC)cccc12. The summed E-state index contributed by atoms with van der Waals surface area (Å²) >= 11 is 1.78. The first kappa shape index (κ1) is 14.0. The van der Waals surface area contributed by atoms with Gasteiger partial charge in [0.15, 0.2) is 0 Å². The maximum atomic E-state index is 5.40. The molecule has 2 N–H and O–H groups in total. The third-order valence-electron chi connectivity index (χ3n) is 3.42. The first-order valence-electron chi connectivity index (χ1n) is 6.88. The molecule has 108 valence electrons. The van der Waals surface area contributed by atoms with Crippen LogP contribution in [0.15, 0.2) is 58.5 Å². The minimum absolute atomic E-state index is 0.870. The van der Waals surface area contributed by atoms with Crippen molar-refractivity contribution in [2.75, 3.05) is 14.2 Å². The second-order valence-electron chi connectivity index (χ2n) is 4.78. The molecule has 0 amide bonds. The summed E-state index contributed by atoms with van der Waals surface area (Å²) in [6, 6.07) is 14.6. The lowest BCUT2D eigenvalue weighted by Crippen LogP contribution is -2.05. The lowest BCUT2D eigenvalue weighted by Gasteiger charge is -2.08. The van der Waals surface area contributed by atoms with Crippen LogP contribution in [0.25, 0.3) is 10.9 Å². The van der Waals surface area contributed by atoms with Gasteiger partial charge in [0.25, 0.3) is 0 Å². The van der Waals surface area contributed by atoms with Crippen molar-refractivity contribution in [1.82, 2.24) is 10.3 Å².